The van der Waals surface area contributed by atoms with Gasteiger partial charge in [-0.1, -0.05) is 26.0 Å². The molecule has 2 aromatic rings. The van der Waals surface area contributed by atoms with Crippen LogP contribution in [0.5, 0.6) is 0 Å². The third-order valence-electron chi connectivity index (χ3n) is 2.91. The average Bonchev–Trinajstić information content (AvgIpc) is 2.50. The molecule has 0 aliphatic carbocycles. The Kier molecular flexibility index (Phi) is 2.10. The summed E-state index contributed by atoms with van der Waals surface area (Å²) in [4.78, 5) is 0. The van der Waals surface area contributed by atoms with E-state index in [4.69, 9.17) is 0 Å². The summed E-state index contributed by atoms with van der Waals surface area (Å²) in [6, 6.07) is 6.68. The van der Waals surface area contributed by atoms with E-state index in [0.717, 1.165) is 0 Å². The van der Waals surface area contributed by atoms with Crippen LogP contribution in [0.25, 0.3) is 10.9 Å². The molecule has 14 heavy (non-hydrogen) atoms. The van der Waals surface area contributed by atoms with Crippen molar-refractivity contribution in [3.8, 4) is 0 Å². The first-order valence-electron chi connectivity index (χ1n) is 5.16. The maximum atomic E-state index is 2.25. The van der Waals surface area contributed by atoms with Crippen LogP contribution in [0.2, 0.25) is 0 Å². The quantitative estimate of drug-likeness (QED) is 0.642. The number of nitrogens with zero attached hydrogens (tertiary/aromatic N) is 1. The van der Waals surface area contributed by atoms with Crippen LogP contribution >= 0.6 is 0 Å². The minimum absolute atomic E-state index is 0.590. The third-order valence-corrected chi connectivity index (χ3v) is 2.91. The van der Waals surface area contributed by atoms with Gasteiger partial charge < -0.3 is 4.57 Å². The molecule has 0 radical (unpaired) electrons. The van der Waals surface area contributed by atoms with Gasteiger partial charge in [-0.05, 0) is 30.0 Å². The number of aromatic nitrogens is 1. The smallest absolute Gasteiger partial charge is 0.0515 e. The fraction of sp³-hybridized carbons (Fsp3) is 0.385. The van der Waals surface area contributed by atoms with E-state index in [1.807, 2.05) is 0 Å². The van der Waals surface area contributed by atoms with Crippen LogP contribution in [-0.4, -0.2) is 4.57 Å². The van der Waals surface area contributed by atoms with Crippen molar-refractivity contribution in [2.75, 3.05) is 0 Å². The molecule has 2 rings (SSSR count). The number of aryl methyl sites for hydroxylation is 2. The van der Waals surface area contributed by atoms with Crippen molar-refractivity contribution >= 4 is 10.9 Å². The van der Waals surface area contributed by atoms with Gasteiger partial charge in [-0.25, -0.2) is 0 Å². The molecular formula is C13H17N. The van der Waals surface area contributed by atoms with Crippen LogP contribution in [0.15, 0.2) is 24.4 Å². The van der Waals surface area contributed by atoms with Gasteiger partial charge in [0.2, 0.25) is 0 Å². The predicted molar refractivity (Wildman–Crippen MR) is 61.7 cm³/mol. The summed E-state index contributed by atoms with van der Waals surface area (Å²) in [6.45, 7) is 6.67. The Bertz CT molecular complexity index is 463. The van der Waals surface area contributed by atoms with Gasteiger partial charge in [-0.2, -0.15) is 0 Å². The fourth-order valence-corrected chi connectivity index (χ4v) is 2.06. The van der Waals surface area contributed by atoms with Crippen molar-refractivity contribution in [3.05, 3.63) is 35.5 Å². The van der Waals surface area contributed by atoms with E-state index in [1.165, 1.54) is 22.0 Å². The average molecular weight is 187 g/mol. The highest BCUT2D eigenvalue weighted by Crippen LogP contribution is 2.27. The Morgan fingerprint density at radius 2 is 1.86 bits per heavy atom. The summed E-state index contributed by atoms with van der Waals surface area (Å²) >= 11 is 0. The first-order valence-corrected chi connectivity index (χ1v) is 5.16. The molecule has 1 nitrogen and oxygen atoms in total. The van der Waals surface area contributed by atoms with Crippen molar-refractivity contribution in [2.45, 2.75) is 26.7 Å². The van der Waals surface area contributed by atoms with Gasteiger partial charge in [0.1, 0.15) is 0 Å². The Balaban J connectivity index is 2.85. The maximum absolute atomic E-state index is 2.25. The maximum Gasteiger partial charge on any atom is 0.0515 e. The van der Waals surface area contributed by atoms with E-state index >= 15 is 0 Å². The van der Waals surface area contributed by atoms with Gasteiger partial charge in [0, 0.05) is 18.6 Å². The van der Waals surface area contributed by atoms with Crippen molar-refractivity contribution in [1.29, 1.82) is 0 Å². The van der Waals surface area contributed by atoms with Crippen molar-refractivity contribution in [2.24, 2.45) is 7.05 Å². The summed E-state index contributed by atoms with van der Waals surface area (Å²) in [5, 5.41) is 1.39. The zero-order valence-corrected chi connectivity index (χ0v) is 9.33. The number of benzene rings is 1. The van der Waals surface area contributed by atoms with Crippen LogP contribution < -0.4 is 0 Å². The molecule has 0 aliphatic heterocycles. The van der Waals surface area contributed by atoms with Crippen LogP contribution in [0.3, 0.4) is 0 Å². The van der Waals surface area contributed by atoms with Crippen LogP contribution in [-0.2, 0) is 7.05 Å². The van der Waals surface area contributed by atoms with Crippen molar-refractivity contribution in [3.63, 3.8) is 0 Å². The Morgan fingerprint density at radius 3 is 2.50 bits per heavy atom. The molecule has 0 spiro atoms. The molecule has 1 heterocycles. The van der Waals surface area contributed by atoms with Gasteiger partial charge >= 0.3 is 0 Å². The van der Waals surface area contributed by atoms with Gasteiger partial charge in [0.05, 0.1) is 5.52 Å². The van der Waals surface area contributed by atoms with E-state index in [-0.39, 0.29) is 0 Å². The van der Waals surface area contributed by atoms with Crippen LogP contribution in [0.4, 0.5) is 0 Å². The topological polar surface area (TPSA) is 4.93 Å². The molecule has 0 aliphatic rings. The zero-order valence-electron chi connectivity index (χ0n) is 9.33. The molecule has 0 saturated carbocycles. The lowest BCUT2D eigenvalue weighted by Crippen LogP contribution is -1.94. The van der Waals surface area contributed by atoms with Gasteiger partial charge in [0.25, 0.3) is 0 Å². The summed E-state index contributed by atoms with van der Waals surface area (Å²) in [5.41, 5.74) is 4.20. The van der Waals surface area contributed by atoms with Crippen molar-refractivity contribution in [1.82, 2.24) is 4.57 Å². The lowest BCUT2D eigenvalue weighted by molar-refractivity contribution is 0.856. The molecule has 1 aromatic heterocycles. The fourth-order valence-electron chi connectivity index (χ4n) is 2.06. The molecular weight excluding hydrogens is 170 g/mol. The monoisotopic (exact) mass is 187 g/mol. The summed E-state index contributed by atoms with van der Waals surface area (Å²) in [7, 11) is 2.12. The summed E-state index contributed by atoms with van der Waals surface area (Å²) in [5.74, 6) is 0.590. The minimum atomic E-state index is 0.590. The molecule has 74 valence electrons. The first-order chi connectivity index (χ1) is 6.61. The lowest BCUT2D eigenvalue weighted by atomic mass is 9.98. The minimum Gasteiger partial charge on any atom is -0.350 e. The zero-order chi connectivity index (χ0) is 10.3. The number of hydrogen-bond acceptors (Lipinski definition) is 0. The second kappa shape index (κ2) is 3.16. The number of rotatable bonds is 1. The van der Waals surface area contributed by atoms with E-state index in [9.17, 15) is 0 Å². The van der Waals surface area contributed by atoms with E-state index in [2.05, 4.69) is 56.8 Å². The number of hydrogen-bond donors (Lipinski definition) is 0. The van der Waals surface area contributed by atoms with E-state index < -0.39 is 0 Å². The molecule has 0 fully saturated rings. The Hall–Kier alpha value is -1.24. The molecule has 0 N–H and O–H groups in total. The molecule has 0 amide bonds. The molecule has 1 heteroatoms. The van der Waals surface area contributed by atoms with Gasteiger partial charge in [0.15, 0.2) is 0 Å². The highest BCUT2D eigenvalue weighted by molar-refractivity contribution is 5.86. The summed E-state index contributed by atoms with van der Waals surface area (Å²) in [6.07, 6.45) is 2.14. The second-order valence-electron chi connectivity index (χ2n) is 4.32. The second-order valence-corrected chi connectivity index (χ2v) is 4.32. The molecule has 0 bridgehead atoms. The standard InChI is InChI=1S/C13H17N/c1-9(2)11-6-5-10(3)12-7-8-14(4)13(11)12/h5-9H,1-4H3. The number of fused-ring (bicyclic) bond motifs is 1. The molecule has 1 aromatic carbocycles. The molecule has 0 unspecified atom stereocenters. The van der Waals surface area contributed by atoms with Gasteiger partial charge in [-0.3, -0.25) is 0 Å². The highest BCUT2D eigenvalue weighted by Gasteiger charge is 2.09. The van der Waals surface area contributed by atoms with Crippen LogP contribution in [0, 0.1) is 6.92 Å². The SMILES string of the molecule is Cc1ccc(C(C)C)c2c1ccn2C. The summed E-state index contributed by atoms with van der Waals surface area (Å²) < 4.78 is 2.22. The largest absolute Gasteiger partial charge is 0.350 e. The van der Waals surface area contributed by atoms with Gasteiger partial charge in [-0.15, -0.1) is 0 Å². The predicted octanol–water partition coefficient (Wildman–Crippen LogP) is 3.61. The highest BCUT2D eigenvalue weighted by atomic mass is 14.9. The Morgan fingerprint density at radius 1 is 1.14 bits per heavy atom. The lowest BCUT2D eigenvalue weighted by Gasteiger charge is -2.10. The first kappa shape index (κ1) is 9.32. The molecule has 0 atom stereocenters. The molecule has 0 saturated heterocycles. The van der Waals surface area contributed by atoms with E-state index in [1.54, 1.807) is 0 Å². The normalized spacial score (nSPS) is 11.5. The van der Waals surface area contributed by atoms with Crippen molar-refractivity contribution < 1.29 is 0 Å². The van der Waals surface area contributed by atoms with Crippen LogP contribution in [0.1, 0.15) is 30.9 Å². The Labute approximate surface area is 85.4 Å². The third kappa shape index (κ3) is 1.24. The van der Waals surface area contributed by atoms with E-state index in [0.29, 0.717) is 5.92 Å².